The zero-order valence-corrected chi connectivity index (χ0v) is 17.4. The van der Waals surface area contributed by atoms with Gasteiger partial charge in [0.25, 0.3) is 5.56 Å². The number of benzene rings is 1. The lowest BCUT2D eigenvalue weighted by Gasteiger charge is -2.18. The van der Waals surface area contributed by atoms with Gasteiger partial charge in [-0.05, 0) is 35.4 Å². The number of unbranched alkanes of at least 4 members (excludes halogenated alkanes) is 1. The SMILES string of the molecule is CCCCc1ccc([C@H](NCc2cc(=O)n3ccsc3n2)c2cccs2)cc1. The summed E-state index contributed by atoms with van der Waals surface area (Å²) in [6.45, 7) is 2.77. The molecule has 144 valence electrons. The van der Waals surface area contributed by atoms with E-state index in [2.05, 4.69) is 59.0 Å². The van der Waals surface area contributed by atoms with Crippen LogP contribution in [-0.4, -0.2) is 9.38 Å². The molecule has 0 saturated heterocycles. The molecule has 4 rings (SSSR count). The fourth-order valence-corrected chi connectivity index (χ4v) is 4.85. The molecule has 28 heavy (non-hydrogen) atoms. The van der Waals surface area contributed by atoms with Gasteiger partial charge in [-0.1, -0.05) is 43.7 Å². The summed E-state index contributed by atoms with van der Waals surface area (Å²) in [5.41, 5.74) is 3.36. The number of thiophene rings is 1. The zero-order chi connectivity index (χ0) is 19.3. The quantitative estimate of drug-likeness (QED) is 0.443. The molecule has 1 atom stereocenters. The summed E-state index contributed by atoms with van der Waals surface area (Å²) in [5, 5.41) is 7.59. The lowest BCUT2D eigenvalue weighted by atomic mass is 10.0. The molecule has 0 amide bonds. The van der Waals surface area contributed by atoms with E-state index < -0.39 is 0 Å². The van der Waals surface area contributed by atoms with E-state index in [-0.39, 0.29) is 11.6 Å². The second kappa shape index (κ2) is 8.82. The van der Waals surface area contributed by atoms with E-state index in [1.807, 2.05) is 5.38 Å². The van der Waals surface area contributed by atoms with Crippen LogP contribution in [0, 0.1) is 0 Å². The van der Waals surface area contributed by atoms with E-state index in [0.29, 0.717) is 6.54 Å². The van der Waals surface area contributed by atoms with Crippen molar-refractivity contribution in [2.45, 2.75) is 38.8 Å². The van der Waals surface area contributed by atoms with Crippen LogP contribution in [0.1, 0.15) is 47.5 Å². The molecule has 4 nitrogen and oxygen atoms in total. The maximum Gasteiger partial charge on any atom is 0.258 e. The lowest BCUT2D eigenvalue weighted by molar-refractivity contribution is 0.604. The van der Waals surface area contributed by atoms with Crippen LogP contribution >= 0.6 is 22.7 Å². The Kier molecular flexibility index (Phi) is 6.00. The smallest absolute Gasteiger partial charge is 0.258 e. The van der Waals surface area contributed by atoms with Crippen molar-refractivity contribution in [3.8, 4) is 0 Å². The average molecular weight is 410 g/mol. The summed E-state index contributed by atoms with van der Waals surface area (Å²) in [7, 11) is 0. The van der Waals surface area contributed by atoms with E-state index in [1.165, 1.54) is 40.2 Å². The predicted molar refractivity (Wildman–Crippen MR) is 117 cm³/mol. The molecule has 0 aliphatic heterocycles. The molecule has 1 N–H and O–H groups in total. The van der Waals surface area contributed by atoms with Crippen molar-refractivity contribution in [1.29, 1.82) is 0 Å². The third-order valence-corrected chi connectivity index (χ3v) is 6.50. The fraction of sp³-hybridized carbons (Fsp3) is 0.273. The lowest BCUT2D eigenvalue weighted by Crippen LogP contribution is -2.23. The summed E-state index contributed by atoms with van der Waals surface area (Å²) in [4.78, 5) is 18.8. The van der Waals surface area contributed by atoms with Gasteiger partial charge in [0, 0.05) is 29.1 Å². The first-order valence-electron chi connectivity index (χ1n) is 9.56. The van der Waals surface area contributed by atoms with Crippen LogP contribution in [0.25, 0.3) is 4.96 Å². The van der Waals surface area contributed by atoms with Crippen molar-refractivity contribution in [3.63, 3.8) is 0 Å². The minimum atomic E-state index is -0.0315. The first kappa shape index (κ1) is 19.1. The molecule has 0 spiro atoms. The monoisotopic (exact) mass is 409 g/mol. The normalized spacial score (nSPS) is 12.5. The Morgan fingerprint density at radius 1 is 1.14 bits per heavy atom. The highest BCUT2D eigenvalue weighted by molar-refractivity contribution is 7.15. The van der Waals surface area contributed by atoms with Gasteiger partial charge < -0.3 is 0 Å². The second-order valence-corrected chi connectivity index (χ2v) is 8.67. The Morgan fingerprint density at radius 2 is 2.00 bits per heavy atom. The van der Waals surface area contributed by atoms with Crippen molar-refractivity contribution in [1.82, 2.24) is 14.7 Å². The maximum atomic E-state index is 12.2. The van der Waals surface area contributed by atoms with Crippen LogP contribution in [0.4, 0.5) is 0 Å². The maximum absolute atomic E-state index is 12.2. The molecule has 1 aromatic carbocycles. The highest BCUT2D eigenvalue weighted by Gasteiger charge is 2.15. The number of aromatic nitrogens is 2. The van der Waals surface area contributed by atoms with Gasteiger partial charge in [-0.3, -0.25) is 14.5 Å². The largest absolute Gasteiger partial charge is 0.300 e. The number of rotatable bonds is 8. The van der Waals surface area contributed by atoms with E-state index in [4.69, 9.17) is 0 Å². The summed E-state index contributed by atoms with van der Waals surface area (Å²) < 4.78 is 1.58. The Hall–Kier alpha value is -2.28. The molecule has 0 bridgehead atoms. The van der Waals surface area contributed by atoms with Crippen LogP contribution in [0.3, 0.4) is 0 Å². The van der Waals surface area contributed by atoms with Crippen molar-refractivity contribution in [3.05, 3.63) is 91.5 Å². The molecule has 3 heterocycles. The Morgan fingerprint density at radius 3 is 2.75 bits per heavy atom. The molecule has 0 aliphatic carbocycles. The number of aryl methyl sites for hydroxylation is 1. The average Bonchev–Trinajstić information content (AvgIpc) is 3.40. The number of fused-ring (bicyclic) bond motifs is 1. The summed E-state index contributed by atoms with van der Waals surface area (Å²) in [6.07, 6.45) is 5.32. The van der Waals surface area contributed by atoms with E-state index >= 15 is 0 Å². The summed E-state index contributed by atoms with van der Waals surface area (Å²) >= 11 is 3.22. The van der Waals surface area contributed by atoms with Gasteiger partial charge >= 0.3 is 0 Å². The summed E-state index contributed by atoms with van der Waals surface area (Å²) in [6, 6.07) is 14.8. The predicted octanol–water partition coefficient (Wildman–Crippen LogP) is 5.04. The summed E-state index contributed by atoms with van der Waals surface area (Å²) in [5.74, 6) is 0. The molecule has 6 heteroatoms. The second-order valence-electron chi connectivity index (χ2n) is 6.82. The minimum Gasteiger partial charge on any atom is -0.300 e. The van der Waals surface area contributed by atoms with Gasteiger partial charge in [-0.2, -0.15) is 0 Å². The molecule has 0 fully saturated rings. The van der Waals surface area contributed by atoms with E-state index in [1.54, 1.807) is 28.0 Å². The topological polar surface area (TPSA) is 46.4 Å². The number of hydrogen-bond donors (Lipinski definition) is 1. The zero-order valence-electron chi connectivity index (χ0n) is 15.8. The van der Waals surface area contributed by atoms with Gasteiger partial charge in [0.15, 0.2) is 4.96 Å². The van der Waals surface area contributed by atoms with Gasteiger partial charge in [-0.25, -0.2) is 4.98 Å². The van der Waals surface area contributed by atoms with Gasteiger partial charge in [0.05, 0.1) is 11.7 Å². The molecule has 4 aromatic rings. The van der Waals surface area contributed by atoms with Gasteiger partial charge in [-0.15, -0.1) is 22.7 Å². The van der Waals surface area contributed by atoms with Crippen molar-refractivity contribution >= 4 is 27.6 Å². The number of nitrogens with one attached hydrogen (secondary N) is 1. The first-order chi connectivity index (χ1) is 13.7. The minimum absolute atomic E-state index is 0.0315. The highest BCUT2D eigenvalue weighted by Crippen LogP contribution is 2.27. The molecular formula is C22H23N3OS2. The molecule has 0 unspecified atom stereocenters. The third kappa shape index (κ3) is 4.24. The van der Waals surface area contributed by atoms with Crippen LogP contribution in [0.15, 0.2) is 64.2 Å². The highest BCUT2D eigenvalue weighted by atomic mass is 32.1. The van der Waals surface area contributed by atoms with E-state index in [9.17, 15) is 4.79 Å². The standard InChI is InChI=1S/C22H23N3OS2/c1-2-3-5-16-7-9-17(10-8-16)21(19-6-4-12-27-19)23-15-18-14-20(26)25-11-13-28-22(25)24-18/h4,6-14,21,23H,2-3,5,15H2,1H3/t21-/m0/s1. The van der Waals surface area contributed by atoms with Crippen molar-refractivity contribution < 1.29 is 0 Å². The van der Waals surface area contributed by atoms with Crippen LogP contribution in [0.2, 0.25) is 0 Å². The molecule has 0 saturated carbocycles. The number of hydrogen-bond acceptors (Lipinski definition) is 5. The van der Waals surface area contributed by atoms with Crippen molar-refractivity contribution in [2.24, 2.45) is 0 Å². The van der Waals surface area contributed by atoms with Crippen LogP contribution < -0.4 is 10.9 Å². The molecule has 0 aliphatic rings. The van der Waals surface area contributed by atoms with Gasteiger partial charge in [0.2, 0.25) is 0 Å². The first-order valence-corrected chi connectivity index (χ1v) is 11.3. The Bertz CT molecular complexity index is 1080. The number of nitrogens with zero attached hydrogens (tertiary/aromatic N) is 2. The van der Waals surface area contributed by atoms with Gasteiger partial charge in [0.1, 0.15) is 0 Å². The number of thiazole rings is 1. The Balaban J connectivity index is 1.55. The van der Waals surface area contributed by atoms with Crippen LogP contribution in [-0.2, 0) is 13.0 Å². The Labute approximate surface area is 172 Å². The third-order valence-electron chi connectivity index (χ3n) is 4.80. The van der Waals surface area contributed by atoms with Crippen LogP contribution in [0.5, 0.6) is 0 Å². The molecule has 3 aromatic heterocycles. The molecular weight excluding hydrogens is 386 g/mol. The van der Waals surface area contributed by atoms with Crippen molar-refractivity contribution in [2.75, 3.05) is 0 Å². The van der Waals surface area contributed by atoms with E-state index in [0.717, 1.165) is 17.1 Å². The fourth-order valence-electron chi connectivity index (χ4n) is 3.28. The molecule has 0 radical (unpaired) electrons.